The molecule has 0 rings (SSSR count). The molecule has 8 nitrogen and oxygen atoms in total. The Balaban J connectivity index is 4.96. The highest BCUT2D eigenvalue weighted by molar-refractivity contribution is 7.87. The molecule has 0 aliphatic heterocycles. The van der Waals surface area contributed by atoms with E-state index in [0.717, 1.165) is 7.11 Å². The fourth-order valence-electron chi connectivity index (χ4n) is 0.766. The van der Waals surface area contributed by atoms with Gasteiger partial charge in [0.25, 0.3) is 0 Å². The molecule has 0 saturated carbocycles. The molecule has 11 heteroatoms. The molecular weight excluding hydrogens is 282 g/mol. The van der Waals surface area contributed by atoms with Gasteiger partial charge in [0.05, 0.1) is 6.61 Å². The van der Waals surface area contributed by atoms with Crippen LogP contribution < -0.4 is 0 Å². The fourth-order valence-corrected chi connectivity index (χ4v) is 1.02. The Morgan fingerprint density at radius 1 is 1.50 bits per heavy atom. The largest absolute Gasteiger partial charge is 0.465 e. The summed E-state index contributed by atoms with van der Waals surface area (Å²) in [7, 11) is -4.96. The van der Waals surface area contributed by atoms with E-state index in [9.17, 15) is 26.8 Å². The quantitative estimate of drug-likeness (QED) is 0.332. The molecule has 2 N–H and O–H groups in total. The minimum Gasteiger partial charge on any atom is -0.451 e. The highest BCUT2D eigenvalue weighted by Gasteiger charge is 2.55. The number of hydrogen-bond acceptors (Lipinski definition) is 7. The third kappa shape index (κ3) is 3.94. The second-order valence-electron chi connectivity index (χ2n) is 3.02. The van der Waals surface area contributed by atoms with E-state index in [1.54, 1.807) is 0 Å². The molecular formula is C7H10F2O8S. The van der Waals surface area contributed by atoms with Crippen molar-refractivity contribution in [1.29, 1.82) is 0 Å². The average Bonchev–Trinajstić information content (AvgIpc) is 2.25. The van der Waals surface area contributed by atoms with Crippen molar-refractivity contribution in [2.45, 2.75) is 17.5 Å². The molecule has 0 aromatic rings. The maximum absolute atomic E-state index is 12.8. The lowest BCUT2D eigenvalue weighted by Gasteiger charge is -2.20. The van der Waals surface area contributed by atoms with Crippen LogP contribution in [0.4, 0.5) is 8.78 Å². The van der Waals surface area contributed by atoms with E-state index in [0.29, 0.717) is 0 Å². The van der Waals surface area contributed by atoms with E-state index in [4.69, 9.17) is 9.66 Å². The Morgan fingerprint density at radius 3 is 2.33 bits per heavy atom. The third-order valence-corrected chi connectivity index (χ3v) is 2.49. The van der Waals surface area contributed by atoms with E-state index >= 15 is 0 Å². The molecule has 0 heterocycles. The van der Waals surface area contributed by atoms with Crippen LogP contribution in [0.15, 0.2) is 0 Å². The molecule has 0 radical (unpaired) electrons. The molecule has 0 bridgehead atoms. The Labute approximate surface area is 100 Å². The van der Waals surface area contributed by atoms with E-state index in [1.807, 2.05) is 0 Å². The smallest absolute Gasteiger partial charge is 0.451 e. The van der Waals surface area contributed by atoms with Gasteiger partial charge >= 0.3 is 21.3 Å². The van der Waals surface area contributed by atoms with Crippen LogP contribution in [0.1, 0.15) is 0 Å². The normalized spacial score (nSPS) is 15.8. The van der Waals surface area contributed by atoms with Gasteiger partial charge in [-0.3, -0.25) is 4.55 Å². The number of esters is 1. The molecule has 0 aromatic heterocycles. The summed E-state index contributed by atoms with van der Waals surface area (Å²) in [4.78, 5) is 21.0. The molecule has 0 aliphatic rings. The van der Waals surface area contributed by atoms with Crippen molar-refractivity contribution in [3.63, 3.8) is 0 Å². The van der Waals surface area contributed by atoms with Gasteiger partial charge < -0.3 is 19.4 Å². The van der Waals surface area contributed by atoms with Crippen molar-refractivity contribution < 1.29 is 45.9 Å². The van der Waals surface area contributed by atoms with Crippen molar-refractivity contribution in [1.82, 2.24) is 0 Å². The monoisotopic (exact) mass is 292 g/mol. The zero-order chi connectivity index (χ0) is 14.6. The van der Waals surface area contributed by atoms with Crippen molar-refractivity contribution in [3.8, 4) is 0 Å². The third-order valence-electron chi connectivity index (χ3n) is 1.67. The molecule has 2 unspecified atom stereocenters. The highest BCUT2D eigenvalue weighted by Crippen LogP contribution is 2.23. The maximum atomic E-state index is 12.8. The van der Waals surface area contributed by atoms with Gasteiger partial charge in [0.2, 0.25) is 0 Å². The molecule has 18 heavy (non-hydrogen) atoms. The zero-order valence-electron chi connectivity index (χ0n) is 8.95. The maximum Gasteiger partial charge on any atom is 0.465 e. The first-order valence-corrected chi connectivity index (χ1v) is 5.70. The van der Waals surface area contributed by atoms with Gasteiger partial charge in [-0.05, 0) is 0 Å². The van der Waals surface area contributed by atoms with Gasteiger partial charge in [-0.2, -0.15) is 17.2 Å². The van der Waals surface area contributed by atoms with Crippen LogP contribution in [0.2, 0.25) is 0 Å². The van der Waals surface area contributed by atoms with E-state index in [-0.39, 0.29) is 6.29 Å². The molecule has 2 atom stereocenters. The highest BCUT2D eigenvalue weighted by atomic mass is 32.2. The fraction of sp³-hybridized carbons (Fsp3) is 0.714. The Bertz CT molecular complexity index is 406. The summed E-state index contributed by atoms with van der Waals surface area (Å²) in [5.74, 6) is -2.63. The van der Waals surface area contributed by atoms with Crippen molar-refractivity contribution in [3.05, 3.63) is 0 Å². The van der Waals surface area contributed by atoms with Crippen LogP contribution >= 0.6 is 0 Å². The zero-order valence-corrected chi connectivity index (χ0v) is 9.76. The van der Waals surface area contributed by atoms with E-state index in [2.05, 4.69) is 9.47 Å². The first kappa shape index (κ1) is 16.8. The van der Waals surface area contributed by atoms with Crippen molar-refractivity contribution in [2.75, 3.05) is 13.7 Å². The molecule has 0 aliphatic carbocycles. The topological polar surface area (TPSA) is 127 Å². The number of carbonyl (C=O) groups excluding carboxylic acids is 2. The molecule has 106 valence electrons. The molecule has 0 fully saturated rings. The van der Waals surface area contributed by atoms with Crippen molar-refractivity contribution >= 4 is 22.4 Å². The van der Waals surface area contributed by atoms with Crippen LogP contribution in [0.25, 0.3) is 0 Å². The first-order valence-electron chi connectivity index (χ1n) is 4.26. The number of ether oxygens (including phenoxy) is 2. The Morgan fingerprint density at radius 2 is 2.00 bits per heavy atom. The number of rotatable bonds is 7. The predicted molar refractivity (Wildman–Crippen MR) is 50.3 cm³/mol. The average molecular weight is 292 g/mol. The van der Waals surface area contributed by atoms with Gasteiger partial charge in [0.1, 0.15) is 6.10 Å². The van der Waals surface area contributed by atoms with Crippen LogP contribution in [0.3, 0.4) is 0 Å². The summed E-state index contributed by atoms with van der Waals surface area (Å²) in [5.41, 5.74) is 0. The van der Waals surface area contributed by atoms with Gasteiger partial charge in [-0.1, -0.05) is 0 Å². The SMILES string of the molecule is COCC(OC(=O)C(F)(F)S(=O)(=O)O)C(O)C=O. The molecule has 0 amide bonds. The second kappa shape index (κ2) is 6.13. The van der Waals surface area contributed by atoms with Crippen LogP contribution in [-0.4, -0.2) is 61.5 Å². The summed E-state index contributed by atoms with van der Waals surface area (Å²) in [6, 6.07) is 0. The standard InChI is InChI=1S/C7H10F2O8S/c1-16-3-5(4(11)2-10)17-6(12)7(8,9)18(13,14)15/h2,4-5,11H,3H2,1H3,(H,13,14,15). The number of aldehydes is 1. The number of halogens is 2. The summed E-state index contributed by atoms with van der Waals surface area (Å²) < 4.78 is 62.4. The van der Waals surface area contributed by atoms with Crippen LogP contribution in [-0.2, 0) is 29.2 Å². The van der Waals surface area contributed by atoms with E-state index < -0.39 is 40.2 Å². The molecule has 0 saturated heterocycles. The summed E-state index contributed by atoms with van der Waals surface area (Å²) in [6.07, 6.45) is -3.93. The van der Waals surface area contributed by atoms with Crippen molar-refractivity contribution in [2.24, 2.45) is 0 Å². The number of alkyl halides is 2. The number of carbonyl (C=O) groups is 2. The van der Waals surface area contributed by atoms with Gasteiger partial charge in [-0.25, -0.2) is 4.79 Å². The first-order chi connectivity index (χ1) is 8.07. The lowest BCUT2D eigenvalue weighted by molar-refractivity contribution is -0.176. The predicted octanol–water partition coefficient (Wildman–Crippen LogP) is -1.41. The minimum absolute atomic E-state index is 0.122. The van der Waals surface area contributed by atoms with Gasteiger partial charge in [0, 0.05) is 7.11 Å². The summed E-state index contributed by atoms with van der Waals surface area (Å²) >= 11 is 0. The number of aliphatic hydroxyl groups excluding tert-OH is 1. The summed E-state index contributed by atoms with van der Waals surface area (Å²) in [6.45, 7) is -0.632. The Hall–Kier alpha value is -1.17. The summed E-state index contributed by atoms with van der Waals surface area (Å²) in [5, 5.41) is 3.78. The lowest BCUT2D eigenvalue weighted by atomic mass is 10.2. The molecule has 0 aromatic carbocycles. The van der Waals surface area contributed by atoms with Crippen LogP contribution in [0, 0.1) is 0 Å². The van der Waals surface area contributed by atoms with Gasteiger partial charge in [-0.15, -0.1) is 0 Å². The minimum atomic E-state index is -6.01. The lowest BCUT2D eigenvalue weighted by Crippen LogP contribution is -2.44. The second-order valence-corrected chi connectivity index (χ2v) is 4.48. The number of aliphatic hydroxyl groups is 1. The number of hydrogen-bond donors (Lipinski definition) is 2. The van der Waals surface area contributed by atoms with Crippen LogP contribution in [0.5, 0.6) is 0 Å². The van der Waals surface area contributed by atoms with Gasteiger partial charge in [0.15, 0.2) is 12.4 Å². The number of methoxy groups -OCH3 is 1. The molecule has 0 spiro atoms. The Kier molecular flexibility index (Phi) is 5.73. The van der Waals surface area contributed by atoms with E-state index in [1.165, 1.54) is 0 Å².